The molecule has 1 aliphatic rings. The first-order valence-electron chi connectivity index (χ1n) is 7.53. The van der Waals surface area contributed by atoms with Gasteiger partial charge in [-0.05, 0) is 32.5 Å². The summed E-state index contributed by atoms with van der Waals surface area (Å²) in [6.45, 7) is 10.4. The number of ether oxygens (including phenoxy) is 1. The molecule has 0 aromatic rings. The number of hydrogen-bond acceptors (Lipinski definition) is 4. The Hall–Kier alpha value is -0.650. The van der Waals surface area contributed by atoms with E-state index in [2.05, 4.69) is 18.7 Å². The predicted octanol–water partition coefficient (Wildman–Crippen LogP) is 0.685. The minimum atomic E-state index is 0.220. The number of likely N-dealkylation sites (tertiary alicyclic amines) is 1. The first kappa shape index (κ1) is 16.4. The fourth-order valence-corrected chi connectivity index (χ4v) is 2.39. The maximum Gasteiger partial charge on any atom is 0.222 e. The molecule has 2 N–H and O–H groups in total. The van der Waals surface area contributed by atoms with E-state index in [4.69, 9.17) is 10.5 Å². The Kier molecular flexibility index (Phi) is 8.02. The molecule has 1 heterocycles. The van der Waals surface area contributed by atoms with Crippen molar-refractivity contribution in [2.45, 2.75) is 39.2 Å². The third-order valence-corrected chi connectivity index (χ3v) is 3.75. The number of rotatable bonds is 9. The lowest BCUT2D eigenvalue weighted by atomic mass is 10.3. The lowest BCUT2D eigenvalue weighted by Crippen LogP contribution is -2.32. The summed E-state index contributed by atoms with van der Waals surface area (Å²) >= 11 is 0. The summed E-state index contributed by atoms with van der Waals surface area (Å²) in [5.74, 6) is 0.222. The molecule has 1 amide bonds. The number of nitrogens with zero attached hydrogens (tertiary/aromatic N) is 2. The van der Waals surface area contributed by atoms with Gasteiger partial charge >= 0.3 is 0 Å². The van der Waals surface area contributed by atoms with Crippen LogP contribution in [0.4, 0.5) is 0 Å². The second-order valence-corrected chi connectivity index (χ2v) is 5.04. The van der Waals surface area contributed by atoms with Crippen LogP contribution >= 0.6 is 0 Å². The molecule has 0 aromatic carbocycles. The standard InChI is InChI=1S/C14H29N3O2/c1-3-16(4-2)10-11-19-13-7-9-17(12-13)14(18)6-5-8-15/h13H,3-12,15H2,1-2H3. The summed E-state index contributed by atoms with van der Waals surface area (Å²) in [6, 6.07) is 0. The maximum absolute atomic E-state index is 11.8. The van der Waals surface area contributed by atoms with Crippen LogP contribution in [0.25, 0.3) is 0 Å². The topological polar surface area (TPSA) is 58.8 Å². The van der Waals surface area contributed by atoms with E-state index < -0.39 is 0 Å². The quantitative estimate of drug-likeness (QED) is 0.670. The minimum absolute atomic E-state index is 0.220. The Labute approximate surface area is 117 Å². The average Bonchev–Trinajstić information content (AvgIpc) is 2.90. The maximum atomic E-state index is 11.8. The summed E-state index contributed by atoms with van der Waals surface area (Å²) < 4.78 is 5.86. The zero-order valence-electron chi connectivity index (χ0n) is 12.4. The van der Waals surface area contributed by atoms with E-state index in [-0.39, 0.29) is 12.0 Å². The number of amides is 1. The Morgan fingerprint density at radius 1 is 1.42 bits per heavy atom. The molecule has 1 saturated heterocycles. The largest absolute Gasteiger partial charge is 0.375 e. The molecular weight excluding hydrogens is 242 g/mol. The Morgan fingerprint density at radius 2 is 2.16 bits per heavy atom. The monoisotopic (exact) mass is 271 g/mol. The third kappa shape index (κ3) is 5.89. The smallest absolute Gasteiger partial charge is 0.222 e. The van der Waals surface area contributed by atoms with Crippen molar-refractivity contribution in [1.82, 2.24) is 9.80 Å². The molecule has 0 saturated carbocycles. The van der Waals surface area contributed by atoms with Crippen LogP contribution in [0.5, 0.6) is 0 Å². The molecule has 0 spiro atoms. The van der Waals surface area contributed by atoms with Crippen molar-refractivity contribution in [2.24, 2.45) is 5.73 Å². The molecule has 1 unspecified atom stereocenters. The van der Waals surface area contributed by atoms with E-state index in [0.717, 1.165) is 52.2 Å². The second-order valence-electron chi connectivity index (χ2n) is 5.04. The van der Waals surface area contributed by atoms with Gasteiger partial charge in [0.05, 0.1) is 12.7 Å². The molecular formula is C14H29N3O2. The zero-order valence-corrected chi connectivity index (χ0v) is 12.4. The van der Waals surface area contributed by atoms with E-state index >= 15 is 0 Å². The second kappa shape index (κ2) is 9.28. The van der Waals surface area contributed by atoms with E-state index in [0.29, 0.717) is 13.0 Å². The molecule has 1 rings (SSSR count). The van der Waals surface area contributed by atoms with Gasteiger partial charge in [0.15, 0.2) is 0 Å². The molecule has 19 heavy (non-hydrogen) atoms. The molecule has 1 aliphatic heterocycles. The predicted molar refractivity (Wildman–Crippen MR) is 77.0 cm³/mol. The van der Waals surface area contributed by atoms with E-state index in [9.17, 15) is 4.79 Å². The lowest BCUT2D eigenvalue weighted by molar-refractivity contribution is -0.130. The zero-order chi connectivity index (χ0) is 14.1. The Balaban J connectivity index is 2.16. The fourth-order valence-electron chi connectivity index (χ4n) is 2.39. The van der Waals surface area contributed by atoms with Crippen LogP contribution in [0, 0.1) is 0 Å². The van der Waals surface area contributed by atoms with E-state index in [1.807, 2.05) is 4.90 Å². The van der Waals surface area contributed by atoms with Crippen molar-refractivity contribution in [3.8, 4) is 0 Å². The van der Waals surface area contributed by atoms with Gasteiger partial charge in [-0.2, -0.15) is 0 Å². The van der Waals surface area contributed by atoms with Gasteiger partial charge in [-0.3, -0.25) is 4.79 Å². The van der Waals surface area contributed by atoms with Gasteiger partial charge in [-0.15, -0.1) is 0 Å². The van der Waals surface area contributed by atoms with Crippen LogP contribution in [-0.2, 0) is 9.53 Å². The van der Waals surface area contributed by atoms with Gasteiger partial charge in [0, 0.05) is 26.1 Å². The molecule has 5 heteroatoms. The fraction of sp³-hybridized carbons (Fsp3) is 0.929. The highest BCUT2D eigenvalue weighted by molar-refractivity contribution is 5.76. The summed E-state index contributed by atoms with van der Waals surface area (Å²) in [5, 5.41) is 0. The summed E-state index contributed by atoms with van der Waals surface area (Å²) in [7, 11) is 0. The summed E-state index contributed by atoms with van der Waals surface area (Å²) in [5.41, 5.74) is 5.42. The third-order valence-electron chi connectivity index (χ3n) is 3.75. The number of carbonyl (C=O) groups is 1. The van der Waals surface area contributed by atoms with Gasteiger partial charge in [-0.1, -0.05) is 13.8 Å². The van der Waals surface area contributed by atoms with Crippen LogP contribution in [0.1, 0.15) is 33.1 Å². The van der Waals surface area contributed by atoms with Crippen molar-refractivity contribution < 1.29 is 9.53 Å². The van der Waals surface area contributed by atoms with Gasteiger partial charge in [0.1, 0.15) is 0 Å². The van der Waals surface area contributed by atoms with Gasteiger partial charge in [0.2, 0.25) is 5.91 Å². The Morgan fingerprint density at radius 3 is 2.79 bits per heavy atom. The molecule has 0 aromatic heterocycles. The molecule has 1 atom stereocenters. The SMILES string of the molecule is CCN(CC)CCOC1CCN(C(=O)CCCN)C1. The Bertz CT molecular complexity index is 257. The highest BCUT2D eigenvalue weighted by Gasteiger charge is 2.26. The number of likely N-dealkylation sites (N-methyl/N-ethyl adjacent to an activating group) is 1. The molecule has 0 bridgehead atoms. The van der Waals surface area contributed by atoms with Crippen LogP contribution in [0.3, 0.4) is 0 Å². The van der Waals surface area contributed by atoms with Crippen LogP contribution < -0.4 is 5.73 Å². The van der Waals surface area contributed by atoms with E-state index in [1.54, 1.807) is 0 Å². The molecule has 1 fully saturated rings. The van der Waals surface area contributed by atoms with Gasteiger partial charge < -0.3 is 20.3 Å². The lowest BCUT2D eigenvalue weighted by Gasteiger charge is -2.20. The van der Waals surface area contributed by atoms with Gasteiger partial charge in [-0.25, -0.2) is 0 Å². The summed E-state index contributed by atoms with van der Waals surface area (Å²) in [4.78, 5) is 16.1. The first-order valence-corrected chi connectivity index (χ1v) is 7.53. The minimum Gasteiger partial charge on any atom is -0.375 e. The van der Waals surface area contributed by atoms with Gasteiger partial charge in [0.25, 0.3) is 0 Å². The van der Waals surface area contributed by atoms with Crippen molar-refractivity contribution in [3.63, 3.8) is 0 Å². The number of nitrogens with two attached hydrogens (primary N) is 1. The van der Waals surface area contributed by atoms with Crippen LogP contribution in [0.2, 0.25) is 0 Å². The van der Waals surface area contributed by atoms with Crippen LogP contribution in [0.15, 0.2) is 0 Å². The van der Waals surface area contributed by atoms with Crippen molar-refractivity contribution >= 4 is 5.91 Å². The highest BCUT2D eigenvalue weighted by atomic mass is 16.5. The molecule has 0 aliphatic carbocycles. The number of hydrogen-bond donors (Lipinski definition) is 1. The van der Waals surface area contributed by atoms with Crippen LogP contribution in [-0.4, -0.2) is 67.7 Å². The van der Waals surface area contributed by atoms with E-state index in [1.165, 1.54) is 0 Å². The van der Waals surface area contributed by atoms with Crippen molar-refractivity contribution in [2.75, 3.05) is 45.9 Å². The van der Waals surface area contributed by atoms with Crippen molar-refractivity contribution in [3.05, 3.63) is 0 Å². The normalized spacial score (nSPS) is 19.4. The number of carbonyl (C=O) groups excluding carboxylic acids is 1. The van der Waals surface area contributed by atoms with Crippen molar-refractivity contribution in [1.29, 1.82) is 0 Å². The highest BCUT2D eigenvalue weighted by Crippen LogP contribution is 2.14. The molecule has 5 nitrogen and oxygen atoms in total. The molecule has 112 valence electrons. The molecule has 0 radical (unpaired) electrons. The average molecular weight is 271 g/mol. The summed E-state index contributed by atoms with van der Waals surface area (Å²) in [6.07, 6.45) is 2.54. The first-order chi connectivity index (χ1) is 9.21.